The Morgan fingerprint density at radius 1 is 1.23 bits per heavy atom. The van der Waals surface area contributed by atoms with E-state index in [1.165, 1.54) is 25.3 Å². The summed E-state index contributed by atoms with van der Waals surface area (Å²) in [5.41, 5.74) is 2.29. The van der Waals surface area contributed by atoms with Crippen molar-refractivity contribution in [2.45, 2.75) is 0 Å². The van der Waals surface area contributed by atoms with Gasteiger partial charge in [0.2, 0.25) is 5.91 Å². The maximum Gasteiger partial charge on any atom is 0.248 e. The van der Waals surface area contributed by atoms with Gasteiger partial charge in [-0.15, -0.1) is 0 Å². The largest absolute Gasteiger partial charge is 0.494 e. The molecule has 6 heteroatoms. The minimum Gasteiger partial charge on any atom is -0.494 e. The van der Waals surface area contributed by atoms with Gasteiger partial charge >= 0.3 is 0 Å². The van der Waals surface area contributed by atoms with E-state index in [-0.39, 0.29) is 11.7 Å². The van der Waals surface area contributed by atoms with Crippen molar-refractivity contribution in [3.8, 4) is 5.75 Å². The zero-order chi connectivity index (χ0) is 18.4. The Hall–Kier alpha value is -2.86. The van der Waals surface area contributed by atoms with Crippen molar-refractivity contribution in [1.29, 1.82) is 0 Å². The molecule has 5 nitrogen and oxygen atoms in total. The van der Waals surface area contributed by atoms with Crippen molar-refractivity contribution >= 4 is 23.4 Å². The second kappa shape index (κ2) is 8.49. The van der Waals surface area contributed by atoms with Gasteiger partial charge in [0.25, 0.3) is 0 Å². The third-order valence-corrected chi connectivity index (χ3v) is 4.12. The van der Waals surface area contributed by atoms with Crippen LogP contribution in [0.4, 0.5) is 15.8 Å². The lowest BCUT2D eigenvalue weighted by Gasteiger charge is -2.30. The number of para-hydroxylation sites is 2. The molecular weight excluding hydrogens is 335 g/mol. The number of nitrogens with zero attached hydrogens (tertiary/aromatic N) is 1. The number of hydrogen-bond acceptors (Lipinski definition) is 4. The van der Waals surface area contributed by atoms with Crippen molar-refractivity contribution < 1.29 is 18.7 Å². The van der Waals surface area contributed by atoms with Crippen LogP contribution in [0.25, 0.3) is 6.08 Å². The monoisotopic (exact) mass is 356 g/mol. The van der Waals surface area contributed by atoms with Gasteiger partial charge in [-0.1, -0.05) is 18.2 Å². The molecule has 0 unspecified atom stereocenters. The molecule has 1 fully saturated rings. The number of hydrogen-bond donors (Lipinski definition) is 1. The summed E-state index contributed by atoms with van der Waals surface area (Å²) in [4.78, 5) is 14.5. The molecule has 1 heterocycles. The van der Waals surface area contributed by atoms with Crippen LogP contribution < -0.4 is 15.0 Å². The van der Waals surface area contributed by atoms with Crippen molar-refractivity contribution in [3.63, 3.8) is 0 Å². The van der Waals surface area contributed by atoms with Crippen LogP contribution in [0.5, 0.6) is 5.75 Å². The Labute approximate surface area is 152 Å². The number of anilines is 2. The van der Waals surface area contributed by atoms with Crippen LogP contribution in [0, 0.1) is 5.82 Å². The molecule has 0 saturated carbocycles. The summed E-state index contributed by atoms with van der Waals surface area (Å²) in [6, 6.07) is 12.2. The molecule has 0 aliphatic carbocycles. The molecule has 2 aromatic rings. The SMILES string of the molecule is COc1ccc(C=CC(=O)Nc2ccccc2N2CCOCC2)cc1F. The number of nitrogens with one attached hydrogen (secondary N) is 1. The third kappa shape index (κ3) is 4.40. The molecular formula is C20H21FN2O3. The van der Waals surface area contributed by atoms with E-state index >= 15 is 0 Å². The Bertz CT molecular complexity index is 801. The van der Waals surface area contributed by atoms with E-state index in [1.54, 1.807) is 12.1 Å². The molecule has 0 aromatic heterocycles. The van der Waals surface area contributed by atoms with Gasteiger partial charge in [-0.05, 0) is 35.9 Å². The molecule has 1 N–H and O–H groups in total. The first-order valence-electron chi connectivity index (χ1n) is 8.41. The zero-order valence-electron chi connectivity index (χ0n) is 14.6. The van der Waals surface area contributed by atoms with Crippen LogP contribution >= 0.6 is 0 Å². The van der Waals surface area contributed by atoms with Gasteiger partial charge in [0.05, 0.1) is 31.7 Å². The van der Waals surface area contributed by atoms with Crippen molar-refractivity contribution in [2.75, 3.05) is 43.6 Å². The van der Waals surface area contributed by atoms with E-state index in [9.17, 15) is 9.18 Å². The summed E-state index contributed by atoms with van der Waals surface area (Å²) in [6.45, 7) is 2.91. The number of carbonyl (C=O) groups is 1. The highest BCUT2D eigenvalue weighted by molar-refractivity contribution is 6.03. The summed E-state index contributed by atoms with van der Waals surface area (Å²) < 4.78 is 24.0. The molecule has 0 bridgehead atoms. The second-order valence-electron chi connectivity index (χ2n) is 5.83. The summed E-state index contributed by atoms with van der Waals surface area (Å²) in [7, 11) is 1.41. The Morgan fingerprint density at radius 2 is 2.00 bits per heavy atom. The molecule has 136 valence electrons. The summed E-state index contributed by atoms with van der Waals surface area (Å²) in [5.74, 6) is -0.569. The van der Waals surface area contributed by atoms with E-state index in [2.05, 4.69) is 10.2 Å². The molecule has 1 aliphatic rings. The number of methoxy groups -OCH3 is 1. The zero-order valence-corrected chi connectivity index (χ0v) is 14.6. The maximum absolute atomic E-state index is 13.7. The smallest absolute Gasteiger partial charge is 0.248 e. The number of benzene rings is 2. The van der Waals surface area contributed by atoms with Crippen LogP contribution in [0.15, 0.2) is 48.5 Å². The molecule has 26 heavy (non-hydrogen) atoms. The lowest BCUT2D eigenvalue weighted by Crippen LogP contribution is -2.36. The number of rotatable bonds is 5. The highest BCUT2D eigenvalue weighted by atomic mass is 19.1. The topological polar surface area (TPSA) is 50.8 Å². The Kier molecular flexibility index (Phi) is 5.86. The summed E-state index contributed by atoms with van der Waals surface area (Å²) in [5, 5.41) is 2.89. The minimum absolute atomic E-state index is 0.172. The van der Waals surface area contributed by atoms with Crippen LogP contribution in [-0.4, -0.2) is 39.3 Å². The van der Waals surface area contributed by atoms with Gasteiger partial charge in [-0.25, -0.2) is 4.39 Å². The highest BCUT2D eigenvalue weighted by Gasteiger charge is 2.15. The lowest BCUT2D eigenvalue weighted by molar-refractivity contribution is -0.111. The Morgan fingerprint density at radius 3 is 2.73 bits per heavy atom. The number of ether oxygens (including phenoxy) is 2. The van der Waals surface area contributed by atoms with Gasteiger partial charge in [-0.3, -0.25) is 4.79 Å². The quantitative estimate of drug-likeness (QED) is 0.835. The summed E-state index contributed by atoms with van der Waals surface area (Å²) in [6.07, 6.45) is 2.95. The second-order valence-corrected chi connectivity index (χ2v) is 5.83. The molecule has 3 rings (SSSR count). The van der Waals surface area contributed by atoms with Crippen molar-refractivity contribution in [1.82, 2.24) is 0 Å². The predicted octanol–water partition coefficient (Wildman–Crippen LogP) is 3.32. The van der Waals surface area contributed by atoms with Crippen molar-refractivity contribution in [2.24, 2.45) is 0 Å². The normalized spacial score (nSPS) is 14.5. The van der Waals surface area contributed by atoms with Gasteiger partial charge in [0, 0.05) is 19.2 Å². The van der Waals surface area contributed by atoms with Crippen LogP contribution in [0.2, 0.25) is 0 Å². The standard InChI is InChI=1S/C20H21FN2O3/c1-25-19-8-6-15(14-16(19)21)7-9-20(24)22-17-4-2-3-5-18(17)23-10-12-26-13-11-23/h2-9,14H,10-13H2,1H3,(H,22,24). The van der Waals surface area contributed by atoms with Gasteiger partial charge < -0.3 is 19.7 Å². The van der Waals surface area contributed by atoms with Gasteiger partial charge in [0.15, 0.2) is 11.6 Å². The molecule has 0 spiro atoms. The van der Waals surface area contributed by atoms with Gasteiger partial charge in [-0.2, -0.15) is 0 Å². The fourth-order valence-corrected chi connectivity index (χ4v) is 2.79. The van der Waals surface area contributed by atoms with E-state index in [0.29, 0.717) is 18.8 Å². The molecule has 1 saturated heterocycles. The third-order valence-electron chi connectivity index (χ3n) is 4.12. The fourth-order valence-electron chi connectivity index (χ4n) is 2.79. The first-order chi connectivity index (χ1) is 12.7. The molecule has 0 radical (unpaired) electrons. The fraction of sp³-hybridized carbons (Fsp3) is 0.250. The average Bonchev–Trinajstić information content (AvgIpc) is 2.67. The summed E-state index contributed by atoms with van der Waals surface area (Å²) >= 11 is 0. The molecule has 1 amide bonds. The maximum atomic E-state index is 13.7. The number of amides is 1. The molecule has 1 aliphatic heterocycles. The number of carbonyl (C=O) groups excluding carboxylic acids is 1. The first kappa shape index (κ1) is 17.9. The molecule has 2 aromatic carbocycles. The van der Waals surface area contributed by atoms with Gasteiger partial charge in [0.1, 0.15) is 0 Å². The van der Waals surface area contributed by atoms with Crippen molar-refractivity contribution in [3.05, 3.63) is 59.9 Å². The number of morpholine rings is 1. The predicted molar refractivity (Wildman–Crippen MR) is 100 cm³/mol. The van der Waals surface area contributed by atoms with Crippen LogP contribution in [-0.2, 0) is 9.53 Å². The highest BCUT2D eigenvalue weighted by Crippen LogP contribution is 2.26. The van der Waals surface area contributed by atoms with E-state index < -0.39 is 5.82 Å². The first-order valence-corrected chi connectivity index (χ1v) is 8.41. The van der Waals surface area contributed by atoms with E-state index in [4.69, 9.17) is 9.47 Å². The Balaban J connectivity index is 1.69. The minimum atomic E-state index is -0.465. The van der Waals surface area contributed by atoms with E-state index in [0.717, 1.165) is 24.5 Å². The van der Waals surface area contributed by atoms with Crippen LogP contribution in [0.1, 0.15) is 5.56 Å². The lowest BCUT2D eigenvalue weighted by atomic mass is 10.2. The number of halogens is 1. The van der Waals surface area contributed by atoms with Crippen LogP contribution in [0.3, 0.4) is 0 Å². The van der Waals surface area contributed by atoms with E-state index in [1.807, 2.05) is 24.3 Å². The molecule has 0 atom stereocenters. The average molecular weight is 356 g/mol.